The van der Waals surface area contributed by atoms with E-state index in [2.05, 4.69) is 27.9 Å². The van der Waals surface area contributed by atoms with Gasteiger partial charge in [-0.2, -0.15) is 0 Å². The lowest BCUT2D eigenvalue weighted by molar-refractivity contribution is -0.384. The molecular weight excluding hydrogens is 335 g/mol. The van der Waals surface area contributed by atoms with Crippen molar-refractivity contribution in [1.82, 2.24) is 0 Å². The predicted octanol–water partition coefficient (Wildman–Crippen LogP) is 3.04. The van der Waals surface area contributed by atoms with Gasteiger partial charge in [-0.25, -0.2) is 0 Å². The molecular formula is C11H15IN2O3. The van der Waals surface area contributed by atoms with E-state index in [0.29, 0.717) is 18.9 Å². The van der Waals surface area contributed by atoms with Crippen LogP contribution in [0, 0.1) is 13.7 Å². The highest BCUT2D eigenvalue weighted by molar-refractivity contribution is 14.1. The molecule has 0 aliphatic heterocycles. The third kappa shape index (κ3) is 4.47. The van der Waals surface area contributed by atoms with Crippen LogP contribution < -0.4 is 5.32 Å². The monoisotopic (exact) mass is 350 g/mol. The highest BCUT2D eigenvalue weighted by atomic mass is 127. The molecule has 0 fully saturated rings. The summed E-state index contributed by atoms with van der Waals surface area (Å²) in [6, 6.07) is 5.15. The molecule has 17 heavy (non-hydrogen) atoms. The maximum absolute atomic E-state index is 10.9. The van der Waals surface area contributed by atoms with Crippen molar-refractivity contribution in [3.63, 3.8) is 0 Å². The predicted molar refractivity (Wildman–Crippen MR) is 75.4 cm³/mol. The Kier molecular flexibility index (Phi) is 5.63. The molecule has 94 valence electrons. The van der Waals surface area contributed by atoms with E-state index >= 15 is 0 Å². The summed E-state index contributed by atoms with van der Waals surface area (Å²) in [6.45, 7) is 5.01. The van der Waals surface area contributed by atoms with Crippen molar-refractivity contribution in [2.24, 2.45) is 0 Å². The topological polar surface area (TPSA) is 64.4 Å². The molecule has 0 aliphatic carbocycles. The summed E-state index contributed by atoms with van der Waals surface area (Å²) in [6.07, 6.45) is 0. The lowest BCUT2D eigenvalue weighted by Gasteiger charge is -2.15. The molecule has 0 heterocycles. The smallest absolute Gasteiger partial charge is 0.293 e. The molecule has 0 saturated carbocycles. The molecule has 1 aromatic carbocycles. The Labute approximate surface area is 114 Å². The summed E-state index contributed by atoms with van der Waals surface area (Å²) in [5.41, 5.74) is 0.628. The molecule has 0 amide bonds. The van der Waals surface area contributed by atoms with Crippen LogP contribution in [0.25, 0.3) is 0 Å². The first-order valence-electron chi connectivity index (χ1n) is 5.32. The van der Waals surface area contributed by atoms with Crippen LogP contribution in [0.2, 0.25) is 0 Å². The van der Waals surface area contributed by atoms with Gasteiger partial charge in [-0.15, -0.1) is 0 Å². The Morgan fingerprint density at radius 1 is 1.59 bits per heavy atom. The molecule has 6 heteroatoms. The number of hydrogen-bond donors (Lipinski definition) is 1. The van der Waals surface area contributed by atoms with Crippen LogP contribution in [0.3, 0.4) is 0 Å². The normalized spacial score (nSPS) is 12.2. The van der Waals surface area contributed by atoms with Crippen molar-refractivity contribution >= 4 is 34.0 Å². The number of hydrogen-bond acceptors (Lipinski definition) is 4. The lowest BCUT2D eigenvalue weighted by atomic mass is 10.2. The van der Waals surface area contributed by atoms with Gasteiger partial charge in [0.15, 0.2) is 0 Å². The van der Waals surface area contributed by atoms with Gasteiger partial charge in [-0.05, 0) is 48.6 Å². The average molecular weight is 350 g/mol. The fourth-order valence-electron chi connectivity index (χ4n) is 1.38. The van der Waals surface area contributed by atoms with E-state index in [1.54, 1.807) is 12.1 Å². The molecule has 1 atom stereocenters. The van der Waals surface area contributed by atoms with Crippen molar-refractivity contribution in [3.8, 4) is 0 Å². The van der Waals surface area contributed by atoms with Crippen molar-refractivity contribution in [2.75, 3.05) is 18.5 Å². The van der Waals surface area contributed by atoms with Crippen LogP contribution in [0.15, 0.2) is 18.2 Å². The van der Waals surface area contributed by atoms with Gasteiger partial charge in [0.2, 0.25) is 0 Å². The first-order valence-corrected chi connectivity index (χ1v) is 6.40. The Morgan fingerprint density at radius 3 is 2.88 bits per heavy atom. The second-order valence-corrected chi connectivity index (χ2v) is 4.87. The minimum atomic E-state index is -0.377. The summed E-state index contributed by atoms with van der Waals surface area (Å²) in [5.74, 6) is 0. The average Bonchev–Trinajstić information content (AvgIpc) is 2.28. The molecule has 0 saturated heterocycles. The molecule has 0 aliphatic rings. The third-order valence-electron chi connectivity index (χ3n) is 2.13. The minimum absolute atomic E-state index is 0.0358. The van der Waals surface area contributed by atoms with E-state index in [4.69, 9.17) is 4.74 Å². The number of benzene rings is 1. The number of nitro benzene ring substituents is 1. The second kappa shape index (κ2) is 6.75. The Morgan fingerprint density at radius 2 is 2.29 bits per heavy atom. The maximum atomic E-state index is 10.9. The summed E-state index contributed by atoms with van der Waals surface area (Å²) >= 11 is 2.05. The quantitative estimate of drug-likeness (QED) is 0.487. The first-order chi connectivity index (χ1) is 8.04. The van der Waals surface area contributed by atoms with E-state index in [0.717, 1.165) is 3.57 Å². The van der Waals surface area contributed by atoms with Gasteiger partial charge in [0.25, 0.3) is 5.69 Å². The number of nitrogens with zero attached hydrogens (tertiary/aromatic N) is 1. The molecule has 1 rings (SSSR count). The minimum Gasteiger partial charge on any atom is -0.380 e. The van der Waals surface area contributed by atoms with Crippen LogP contribution in [0.1, 0.15) is 13.8 Å². The Balaban J connectivity index is 2.79. The number of halogens is 1. The number of nitrogens with one attached hydrogen (secondary N) is 1. The number of anilines is 1. The SMILES string of the molecule is CCOCC(C)Nc1ccc(I)cc1[N+](=O)[O-]. The van der Waals surface area contributed by atoms with Crippen molar-refractivity contribution in [3.05, 3.63) is 31.9 Å². The largest absolute Gasteiger partial charge is 0.380 e. The van der Waals surface area contributed by atoms with Crippen LogP contribution >= 0.6 is 22.6 Å². The van der Waals surface area contributed by atoms with E-state index in [-0.39, 0.29) is 16.7 Å². The van der Waals surface area contributed by atoms with Gasteiger partial charge < -0.3 is 10.1 Å². The van der Waals surface area contributed by atoms with Crippen LogP contribution in [0.5, 0.6) is 0 Å². The fraction of sp³-hybridized carbons (Fsp3) is 0.455. The van der Waals surface area contributed by atoms with Crippen molar-refractivity contribution in [2.45, 2.75) is 19.9 Å². The zero-order valence-corrected chi connectivity index (χ0v) is 11.9. The molecule has 0 aromatic heterocycles. The van der Waals surface area contributed by atoms with Crippen LogP contribution in [-0.2, 0) is 4.74 Å². The van der Waals surface area contributed by atoms with Gasteiger partial charge >= 0.3 is 0 Å². The molecule has 0 radical (unpaired) electrons. The van der Waals surface area contributed by atoms with Gasteiger partial charge in [0.1, 0.15) is 5.69 Å². The highest BCUT2D eigenvalue weighted by Gasteiger charge is 2.15. The molecule has 1 N–H and O–H groups in total. The number of nitro groups is 1. The number of ether oxygens (including phenoxy) is 1. The number of rotatable bonds is 6. The van der Waals surface area contributed by atoms with Gasteiger partial charge in [0, 0.05) is 22.3 Å². The second-order valence-electron chi connectivity index (χ2n) is 3.62. The molecule has 0 spiro atoms. The van der Waals surface area contributed by atoms with Crippen LogP contribution in [0.4, 0.5) is 11.4 Å². The van der Waals surface area contributed by atoms with E-state index in [9.17, 15) is 10.1 Å². The summed E-state index contributed by atoms with van der Waals surface area (Å²) in [5, 5.41) is 14.0. The molecule has 1 aromatic rings. The zero-order chi connectivity index (χ0) is 12.8. The van der Waals surface area contributed by atoms with E-state index < -0.39 is 0 Å². The molecule has 1 unspecified atom stereocenters. The maximum Gasteiger partial charge on any atom is 0.293 e. The lowest BCUT2D eigenvalue weighted by Crippen LogP contribution is -2.22. The Hall–Kier alpha value is -0.890. The van der Waals surface area contributed by atoms with Crippen molar-refractivity contribution in [1.29, 1.82) is 0 Å². The molecule has 0 bridgehead atoms. The summed E-state index contributed by atoms with van der Waals surface area (Å²) < 4.78 is 6.10. The van der Waals surface area contributed by atoms with E-state index in [1.165, 1.54) is 0 Å². The van der Waals surface area contributed by atoms with Gasteiger partial charge in [0.05, 0.1) is 11.5 Å². The zero-order valence-electron chi connectivity index (χ0n) is 9.77. The highest BCUT2D eigenvalue weighted by Crippen LogP contribution is 2.26. The van der Waals surface area contributed by atoms with Gasteiger partial charge in [-0.1, -0.05) is 0 Å². The Bertz CT molecular complexity index is 398. The fourth-order valence-corrected chi connectivity index (χ4v) is 1.85. The van der Waals surface area contributed by atoms with Crippen LogP contribution in [-0.4, -0.2) is 24.2 Å². The standard InChI is InChI=1S/C11H15IN2O3/c1-3-17-7-8(2)13-10-5-4-9(12)6-11(10)14(15)16/h4-6,8,13H,3,7H2,1-2H3. The van der Waals surface area contributed by atoms with E-state index in [1.807, 2.05) is 19.9 Å². The third-order valence-corrected chi connectivity index (χ3v) is 2.80. The summed E-state index contributed by atoms with van der Waals surface area (Å²) in [4.78, 5) is 10.5. The molecule has 5 nitrogen and oxygen atoms in total. The first kappa shape index (κ1) is 14.2. The summed E-state index contributed by atoms with van der Waals surface area (Å²) in [7, 11) is 0. The van der Waals surface area contributed by atoms with Gasteiger partial charge in [-0.3, -0.25) is 10.1 Å². The van der Waals surface area contributed by atoms with Crippen molar-refractivity contribution < 1.29 is 9.66 Å².